The quantitative estimate of drug-likeness (QED) is 0.617. The van der Waals surface area contributed by atoms with Gasteiger partial charge in [0.25, 0.3) is 5.91 Å². The van der Waals surface area contributed by atoms with E-state index < -0.39 is 12.0 Å². The Hall–Kier alpha value is -3.62. The van der Waals surface area contributed by atoms with Gasteiger partial charge in [-0.15, -0.1) is 0 Å². The zero-order valence-corrected chi connectivity index (χ0v) is 15.7. The minimum absolute atomic E-state index is 0.115. The number of halogens is 1. The first-order valence-corrected chi connectivity index (χ1v) is 8.87. The summed E-state index contributed by atoms with van der Waals surface area (Å²) < 4.78 is 29.4. The van der Waals surface area contributed by atoms with Gasteiger partial charge in [0.2, 0.25) is 12.5 Å². The van der Waals surface area contributed by atoms with Gasteiger partial charge in [-0.25, -0.2) is 9.82 Å². The van der Waals surface area contributed by atoms with Gasteiger partial charge in [0.05, 0.1) is 19.2 Å². The molecule has 0 saturated heterocycles. The van der Waals surface area contributed by atoms with Crippen LogP contribution in [0.4, 0.5) is 4.39 Å². The van der Waals surface area contributed by atoms with Gasteiger partial charge in [-0.05, 0) is 29.8 Å². The normalized spacial score (nSPS) is 19.8. The molecule has 0 unspecified atom stereocenters. The number of hydrogen-bond donors (Lipinski definition) is 1. The van der Waals surface area contributed by atoms with E-state index in [1.165, 1.54) is 25.5 Å². The van der Waals surface area contributed by atoms with Crippen molar-refractivity contribution in [2.45, 2.75) is 13.0 Å². The highest BCUT2D eigenvalue weighted by molar-refractivity contribution is 6.39. The Morgan fingerprint density at radius 1 is 1.34 bits per heavy atom. The van der Waals surface area contributed by atoms with Gasteiger partial charge >= 0.3 is 0 Å². The molecule has 2 aliphatic rings. The molecule has 2 heterocycles. The van der Waals surface area contributed by atoms with Crippen LogP contribution in [0.5, 0.6) is 17.2 Å². The Kier molecular flexibility index (Phi) is 5.03. The second kappa shape index (κ2) is 7.78. The second-order valence-corrected chi connectivity index (χ2v) is 6.50. The van der Waals surface area contributed by atoms with Crippen LogP contribution in [0.1, 0.15) is 24.2 Å². The van der Waals surface area contributed by atoms with Gasteiger partial charge in [-0.2, -0.15) is 5.10 Å². The zero-order valence-electron chi connectivity index (χ0n) is 15.7. The van der Waals surface area contributed by atoms with E-state index in [1.807, 2.05) is 6.92 Å². The topological polar surface area (TPSA) is 90.7 Å². The molecule has 0 radical (unpaired) electrons. The molecule has 150 valence electrons. The van der Waals surface area contributed by atoms with Crippen LogP contribution in [-0.2, 0) is 9.63 Å². The van der Waals surface area contributed by atoms with Crippen LogP contribution < -0.4 is 19.6 Å². The van der Waals surface area contributed by atoms with E-state index in [0.717, 1.165) is 5.56 Å². The summed E-state index contributed by atoms with van der Waals surface area (Å²) in [5.41, 5.74) is 3.85. The number of amides is 1. The minimum Gasteiger partial charge on any atom is -0.493 e. The highest BCUT2D eigenvalue weighted by atomic mass is 19.1. The maximum atomic E-state index is 13.2. The number of methoxy groups -OCH3 is 1. The Balaban J connectivity index is 1.44. The number of hydrazone groups is 1. The number of hydrogen-bond acceptors (Lipinski definition) is 7. The smallest absolute Gasteiger partial charge is 0.289 e. The van der Waals surface area contributed by atoms with Gasteiger partial charge < -0.3 is 19.0 Å². The number of nitrogens with one attached hydrogen (secondary N) is 1. The van der Waals surface area contributed by atoms with Crippen molar-refractivity contribution in [3.8, 4) is 17.2 Å². The molecule has 0 fully saturated rings. The van der Waals surface area contributed by atoms with E-state index in [9.17, 15) is 9.18 Å². The van der Waals surface area contributed by atoms with Crippen molar-refractivity contribution in [1.29, 1.82) is 0 Å². The lowest BCUT2D eigenvalue weighted by atomic mass is 9.93. The number of ether oxygens (including phenoxy) is 3. The van der Waals surface area contributed by atoms with Crippen molar-refractivity contribution in [3.05, 3.63) is 53.3 Å². The predicted octanol–water partition coefficient (Wildman–Crippen LogP) is 2.78. The third-order valence-corrected chi connectivity index (χ3v) is 4.62. The zero-order chi connectivity index (χ0) is 20.4. The number of carbonyl (C=O) groups is 1. The van der Waals surface area contributed by atoms with E-state index in [1.54, 1.807) is 24.3 Å². The number of oxime groups is 1. The summed E-state index contributed by atoms with van der Waals surface area (Å²) in [4.78, 5) is 17.9. The molecule has 2 atom stereocenters. The van der Waals surface area contributed by atoms with Crippen LogP contribution in [-0.4, -0.2) is 31.7 Å². The molecule has 2 aromatic rings. The second-order valence-electron chi connectivity index (χ2n) is 6.50. The number of nitrogens with zero attached hydrogens (tertiary/aromatic N) is 2. The Bertz CT molecular complexity index is 1010. The number of benzene rings is 2. The van der Waals surface area contributed by atoms with Crippen molar-refractivity contribution in [1.82, 2.24) is 5.43 Å². The van der Waals surface area contributed by atoms with Crippen molar-refractivity contribution in [2.75, 3.05) is 13.9 Å². The molecule has 2 aromatic carbocycles. The van der Waals surface area contributed by atoms with Crippen LogP contribution >= 0.6 is 0 Å². The molecule has 0 spiro atoms. The first kappa shape index (κ1) is 18.7. The van der Waals surface area contributed by atoms with Crippen molar-refractivity contribution >= 4 is 17.8 Å². The molecule has 0 bridgehead atoms. The van der Waals surface area contributed by atoms with Crippen LogP contribution in [0.3, 0.4) is 0 Å². The largest absolute Gasteiger partial charge is 0.493 e. The fraction of sp³-hybridized carbons (Fsp3) is 0.250. The molecular formula is C20H18FN3O5. The Labute approximate surface area is 165 Å². The summed E-state index contributed by atoms with van der Waals surface area (Å²) in [6.45, 7) is 1.94. The molecule has 0 aromatic heterocycles. The summed E-state index contributed by atoms with van der Waals surface area (Å²) in [7, 11) is 1.53. The summed E-state index contributed by atoms with van der Waals surface area (Å²) in [6, 6.07) is 9.41. The summed E-state index contributed by atoms with van der Waals surface area (Å²) in [5, 5.41) is 7.77. The molecule has 9 heteroatoms. The maximum Gasteiger partial charge on any atom is 0.289 e. The highest BCUT2D eigenvalue weighted by Crippen LogP contribution is 2.45. The predicted molar refractivity (Wildman–Crippen MR) is 102 cm³/mol. The van der Waals surface area contributed by atoms with Crippen molar-refractivity contribution in [2.24, 2.45) is 16.2 Å². The molecule has 8 nitrogen and oxygen atoms in total. The third-order valence-electron chi connectivity index (χ3n) is 4.62. The lowest BCUT2D eigenvalue weighted by molar-refractivity contribution is -0.115. The maximum absolute atomic E-state index is 13.2. The van der Waals surface area contributed by atoms with Crippen LogP contribution in [0.15, 0.2) is 46.7 Å². The molecule has 1 N–H and O–H groups in total. The molecular weight excluding hydrogens is 381 g/mol. The van der Waals surface area contributed by atoms with E-state index in [-0.39, 0.29) is 24.2 Å². The highest BCUT2D eigenvalue weighted by Gasteiger charge is 2.37. The van der Waals surface area contributed by atoms with E-state index >= 15 is 0 Å². The summed E-state index contributed by atoms with van der Waals surface area (Å²) >= 11 is 0. The van der Waals surface area contributed by atoms with Gasteiger partial charge in [0.1, 0.15) is 5.82 Å². The number of rotatable bonds is 5. The van der Waals surface area contributed by atoms with E-state index in [2.05, 4.69) is 15.7 Å². The Morgan fingerprint density at radius 3 is 3.00 bits per heavy atom. The first-order valence-electron chi connectivity index (χ1n) is 8.87. The molecule has 0 saturated carbocycles. The van der Waals surface area contributed by atoms with Gasteiger partial charge in [0, 0.05) is 5.56 Å². The molecule has 2 aliphatic heterocycles. The van der Waals surface area contributed by atoms with Crippen molar-refractivity contribution in [3.63, 3.8) is 0 Å². The SMILES string of the molecule is COc1cc([C@@H]2ON=C(C(=O)N/N=C\c3cccc(F)c3)[C@@H]2C)cc2c1OCO2. The van der Waals surface area contributed by atoms with Gasteiger partial charge in [-0.3, -0.25) is 4.79 Å². The lowest BCUT2D eigenvalue weighted by Gasteiger charge is -2.16. The average Bonchev–Trinajstić information content (AvgIpc) is 3.33. The van der Waals surface area contributed by atoms with E-state index in [0.29, 0.717) is 22.8 Å². The molecule has 0 aliphatic carbocycles. The summed E-state index contributed by atoms with van der Waals surface area (Å²) in [5.74, 6) is 0.373. The standard InChI is InChI=1S/C20H18FN3O5/c1-11-17(20(25)23-22-9-12-4-3-5-14(21)6-12)24-29-18(11)13-7-15(26-2)19-16(8-13)27-10-28-19/h3-9,11,18H,10H2,1-2H3,(H,23,25)/b22-9-/t11-,18+/m0/s1. The fourth-order valence-corrected chi connectivity index (χ4v) is 3.15. The average molecular weight is 399 g/mol. The molecule has 4 rings (SSSR count). The van der Waals surface area contributed by atoms with Crippen LogP contribution in [0.2, 0.25) is 0 Å². The third kappa shape index (κ3) is 3.71. The number of carbonyl (C=O) groups excluding carboxylic acids is 1. The van der Waals surface area contributed by atoms with E-state index in [4.69, 9.17) is 19.0 Å². The monoisotopic (exact) mass is 399 g/mol. The van der Waals surface area contributed by atoms with Gasteiger partial charge in [0.15, 0.2) is 23.3 Å². The summed E-state index contributed by atoms with van der Waals surface area (Å²) in [6.07, 6.45) is 0.855. The van der Waals surface area contributed by atoms with Crippen LogP contribution in [0.25, 0.3) is 0 Å². The van der Waals surface area contributed by atoms with Crippen LogP contribution in [0, 0.1) is 11.7 Å². The molecule has 29 heavy (non-hydrogen) atoms. The first-order chi connectivity index (χ1) is 14.1. The van der Waals surface area contributed by atoms with Gasteiger partial charge in [-0.1, -0.05) is 24.2 Å². The fourth-order valence-electron chi connectivity index (χ4n) is 3.15. The lowest BCUT2D eigenvalue weighted by Crippen LogP contribution is -2.31. The van der Waals surface area contributed by atoms with Crippen molar-refractivity contribution < 1.29 is 28.2 Å². The number of fused-ring (bicyclic) bond motifs is 1. The minimum atomic E-state index is -0.500. The Morgan fingerprint density at radius 2 is 2.21 bits per heavy atom. The molecule has 1 amide bonds.